The molecule has 0 bridgehead atoms. The third kappa shape index (κ3) is 8.18. The van der Waals surface area contributed by atoms with Crippen molar-refractivity contribution in [1.29, 1.82) is 0 Å². The number of phenols is 2. The van der Waals surface area contributed by atoms with Gasteiger partial charge in [-0.3, -0.25) is 14.4 Å². The molecule has 10 nitrogen and oxygen atoms in total. The van der Waals surface area contributed by atoms with E-state index in [1.807, 2.05) is 77.9 Å². The summed E-state index contributed by atoms with van der Waals surface area (Å²) in [6.45, 7) is 16.2. The Kier molecular flexibility index (Phi) is 12.1. The number of hydrogen-bond acceptors (Lipinski definition) is 7. The number of hydrogen-bond donors (Lipinski definition) is 4. The predicted octanol–water partition coefficient (Wildman–Crippen LogP) is 7.49. The maximum Gasteiger partial charge on any atom is 0.262 e. The molecule has 1 fully saturated rings. The molecule has 1 aromatic heterocycles. The van der Waals surface area contributed by atoms with Gasteiger partial charge in [0, 0.05) is 73.2 Å². The molecule has 2 amide bonds. The maximum atomic E-state index is 14.1. The smallest absolute Gasteiger partial charge is 0.262 e. The number of nitrogens with one attached hydrogen (secondary N) is 2. The Labute approximate surface area is 306 Å². The molecule has 52 heavy (non-hydrogen) atoms. The zero-order chi connectivity index (χ0) is 37.7. The summed E-state index contributed by atoms with van der Waals surface area (Å²) in [4.78, 5) is 47.7. The molecule has 276 valence electrons. The highest BCUT2D eigenvalue weighted by Crippen LogP contribution is 2.37. The molecule has 1 aliphatic heterocycles. The number of aryl methyl sites for hydroxylation is 2. The number of carbonyl (C=O) groups is 2. The van der Waals surface area contributed by atoms with Crippen LogP contribution in [0.3, 0.4) is 0 Å². The topological polar surface area (TPSA) is 135 Å². The van der Waals surface area contributed by atoms with Crippen LogP contribution in [0.4, 0.5) is 11.4 Å². The van der Waals surface area contributed by atoms with Crippen LogP contribution in [0.15, 0.2) is 59.4 Å². The number of nitrogens with zero attached hydrogens (tertiary/aromatic N) is 2. The average molecular weight is 709 g/mol. The zero-order valence-electron chi connectivity index (χ0n) is 31.4. The second kappa shape index (κ2) is 16.5. The molecule has 0 unspecified atom stereocenters. The number of benzene rings is 3. The van der Waals surface area contributed by atoms with Gasteiger partial charge in [0.05, 0.1) is 5.56 Å². The first-order valence-electron chi connectivity index (χ1n) is 18.3. The molecule has 0 atom stereocenters. The normalized spacial score (nSPS) is 13.3. The minimum Gasteiger partial charge on any atom is -0.508 e. The summed E-state index contributed by atoms with van der Waals surface area (Å²) in [5.41, 5.74) is 7.12. The molecule has 10 heteroatoms. The van der Waals surface area contributed by atoms with Gasteiger partial charge >= 0.3 is 0 Å². The van der Waals surface area contributed by atoms with E-state index >= 15 is 0 Å². The summed E-state index contributed by atoms with van der Waals surface area (Å²) in [7, 11) is 0. The Morgan fingerprint density at radius 3 is 2.33 bits per heavy atom. The first-order valence-corrected chi connectivity index (χ1v) is 18.3. The van der Waals surface area contributed by atoms with E-state index in [2.05, 4.69) is 28.2 Å². The SMILES string of the molecule is CCCN(C(=O)c1cc(C(C)C)c(O)cc1O)c1cccc(-c2cc(C(=O)NCc3c(C)cc(C)[nH]c3=O)c(C)c(N(CC)C3CCOCC3)c2)c1. The molecular weight excluding hydrogens is 656 g/mol. The lowest BCUT2D eigenvalue weighted by Crippen LogP contribution is -2.40. The van der Waals surface area contributed by atoms with Crippen molar-refractivity contribution in [2.75, 3.05) is 36.1 Å². The van der Waals surface area contributed by atoms with Gasteiger partial charge < -0.3 is 35.1 Å². The fourth-order valence-electron chi connectivity index (χ4n) is 7.18. The standard InChI is InChI=1S/C42H52N4O6/c1-8-15-46(42(51)35-22-33(25(3)4)38(47)23-39(35)48)32-12-10-11-29(19-32)30-20-34(40(49)43-24-36-26(5)18-27(6)44-41(36)50)28(7)37(21-30)45(9-2)31-13-16-52-17-14-31/h10-12,18-23,25,31,47-48H,8-9,13-17,24H2,1-7H3,(H,43,49)(H,44,50). The lowest BCUT2D eigenvalue weighted by Gasteiger charge is -2.37. The van der Waals surface area contributed by atoms with Crippen LogP contribution in [0.1, 0.15) is 102 Å². The van der Waals surface area contributed by atoms with Gasteiger partial charge in [-0.25, -0.2) is 0 Å². The van der Waals surface area contributed by atoms with Crippen LogP contribution >= 0.6 is 0 Å². The van der Waals surface area contributed by atoms with Gasteiger partial charge in [-0.05, 0) is 117 Å². The van der Waals surface area contributed by atoms with Crippen molar-refractivity contribution >= 4 is 23.2 Å². The Morgan fingerprint density at radius 2 is 1.67 bits per heavy atom. The van der Waals surface area contributed by atoms with E-state index < -0.39 is 0 Å². The van der Waals surface area contributed by atoms with Crippen LogP contribution in [0.2, 0.25) is 0 Å². The van der Waals surface area contributed by atoms with E-state index in [-0.39, 0.29) is 52.9 Å². The van der Waals surface area contributed by atoms with Crippen molar-refractivity contribution in [3.8, 4) is 22.6 Å². The molecule has 1 saturated heterocycles. The molecule has 0 aliphatic carbocycles. The fraction of sp³-hybridized carbons (Fsp3) is 0.405. The Hall–Kier alpha value is -5.09. The van der Waals surface area contributed by atoms with Gasteiger partial charge in [0.15, 0.2) is 0 Å². The highest BCUT2D eigenvalue weighted by atomic mass is 16.5. The largest absolute Gasteiger partial charge is 0.508 e. The Morgan fingerprint density at radius 1 is 0.942 bits per heavy atom. The number of ether oxygens (including phenoxy) is 1. The summed E-state index contributed by atoms with van der Waals surface area (Å²) in [5.74, 6) is -1.04. The number of aromatic hydroxyl groups is 2. The zero-order valence-corrected chi connectivity index (χ0v) is 31.4. The number of pyridine rings is 1. The number of rotatable bonds is 12. The Balaban J connectivity index is 1.58. The number of amides is 2. The van der Waals surface area contributed by atoms with E-state index in [4.69, 9.17) is 4.74 Å². The van der Waals surface area contributed by atoms with E-state index in [0.29, 0.717) is 48.6 Å². The van der Waals surface area contributed by atoms with E-state index in [9.17, 15) is 24.6 Å². The minimum absolute atomic E-state index is 0.0502. The summed E-state index contributed by atoms with van der Waals surface area (Å²) in [6, 6.07) is 16.6. The number of anilines is 2. The molecule has 2 heterocycles. The maximum absolute atomic E-state index is 14.1. The van der Waals surface area contributed by atoms with Crippen LogP contribution in [0.25, 0.3) is 11.1 Å². The number of carbonyl (C=O) groups excluding carboxylic acids is 2. The van der Waals surface area contributed by atoms with Gasteiger partial charge in [-0.1, -0.05) is 32.9 Å². The number of aromatic amines is 1. The van der Waals surface area contributed by atoms with Crippen molar-refractivity contribution in [2.45, 2.75) is 86.2 Å². The quantitative estimate of drug-likeness (QED) is 0.120. The van der Waals surface area contributed by atoms with Crippen LogP contribution in [0.5, 0.6) is 11.5 Å². The Bertz CT molecular complexity index is 2000. The van der Waals surface area contributed by atoms with Crippen molar-refractivity contribution in [3.05, 3.63) is 104 Å². The molecule has 1 aliphatic rings. The van der Waals surface area contributed by atoms with Crippen LogP contribution < -0.4 is 20.7 Å². The molecular formula is C42H52N4O6. The van der Waals surface area contributed by atoms with Crippen molar-refractivity contribution in [1.82, 2.24) is 10.3 Å². The van der Waals surface area contributed by atoms with Crippen molar-refractivity contribution < 1.29 is 24.5 Å². The summed E-state index contributed by atoms with van der Waals surface area (Å²) < 4.78 is 5.67. The molecule has 4 N–H and O–H groups in total. The fourth-order valence-corrected chi connectivity index (χ4v) is 7.18. The third-order valence-corrected chi connectivity index (χ3v) is 10.0. The van der Waals surface area contributed by atoms with Gasteiger partial charge in [0.2, 0.25) is 0 Å². The minimum atomic E-state index is -0.374. The van der Waals surface area contributed by atoms with Gasteiger partial charge in [0.1, 0.15) is 11.5 Å². The molecule has 5 rings (SSSR count). The van der Waals surface area contributed by atoms with E-state index in [1.54, 1.807) is 11.0 Å². The summed E-state index contributed by atoms with van der Waals surface area (Å²) in [5, 5.41) is 24.2. The molecule has 0 radical (unpaired) electrons. The van der Waals surface area contributed by atoms with Gasteiger partial charge in [-0.2, -0.15) is 0 Å². The monoisotopic (exact) mass is 708 g/mol. The second-order valence-electron chi connectivity index (χ2n) is 14.0. The first-order chi connectivity index (χ1) is 24.8. The van der Waals surface area contributed by atoms with E-state index in [0.717, 1.165) is 53.0 Å². The molecule has 0 spiro atoms. The molecule has 4 aromatic rings. The highest BCUT2D eigenvalue weighted by Gasteiger charge is 2.27. The molecule has 3 aromatic carbocycles. The summed E-state index contributed by atoms with van der Waals surface area (Å²) >= 11 is 0. The van der Waals surface area contributed by atoms with Crippen LogP contribution in [-0.4, -0.2) is 59.4 Å². The van der Waals surface area contributed by atoms with Gasteiger partial charge in [-0.15, -0.1) is 0 Å². The lowest BCUT2D eigenvalue weighted by molar-refractivity contribution is 0.0845. The van der Waals surface area contributed by atoms with Crippen molar-refractivity contribution in [3.63, 3.8) is 0 Å². The third-order valence-electron chi connectivity index (χ3n) is 10.0. The van der Waals surface area contributed by atoms with Crippen LogP contribution in [0, 0.1) is 20.8 Å². The molecule has 0 saturated carbocycles. The highest BCUT2D eigenvalue weighted by molar-refractivity contribution is 6.08. The number of aromatic nitrogens is 1. The van der Waals surface area contributed by atoms with Crippen molar-refractivity contribution in [2.24, 2.45) is 0 Å². The predicted molar refractivity (Wildman–Crippen MR) is 207 cm³/mol. The van der Waals surface area contributed by atoms with Crippen LogP contribution in [-0.2, 0) is 11.3 Å². The average Bonchev–Trinajstić information content (AvgIpc) is 3.11. The van der Waals surface area contributed by atoms with Gasteiger partial charge in [0.25, 0.3) is 17.4 Å². The summed E-state index contributed by atoms with van der Waals surface area (Å²) in [6.07, 6.45) is 2.42. The lowest BCUT2D eigenvalue weighted by atomic mass is 9.94. The first kappa shape index (κ1) is 38.1. The van der Waals surface area contributed by atoms with E-state index in [1.165, 1.54) is 6.07 Å². The number of phenolic OH excluding ortho intramolecular Hbond substituents is 2. The number of H-pyrrole nitrogens is 1. The second-order valence-corrected chi connectivity index (χ2v) is 14.0.